The molecule has 1 aromatic heterocycles. The van der Waals surface area contributed by atoms with Crippen LogP contribution in [0.5, 0.6) is 0 Å². The molecule has 0 aliphatic carbocycles. The van der Waals surface area contributed by atoms with Gasteiger partial charge in [-0.1, -0.05) is 12.1 Å². The normalized spacial score (nSPS) is 20.1. The van der Waals surface area contributed by atoms with Gasteiger partial charge in [-0.2, -0.15) is 0 Å². The number of hydrogen-bond acceptors (Lipinski definition) is 2. The summed E-state index contributed by atoms with van der Waals surface area (Å²) in [5.41, 5.74) is 2.56. The Kier molecular flexibility index (Phi) is 2.46. The van der Waals surface area contributed by atoms with Crippen LogP contribution in [0.4, 0.5) is 0 Å². The first-order chi connectivity index (χ1) is 7.93. The van der Waals surface area contributed by atoms with E-state index in [1.807, 2.05) is 17.1 Å². The van der Waals surface area contributed by atoms with Crippen LogP contribution >= 0.6 is 0 Å². The van der Waals surface area contributed by atoms with Crippen molar-refractivity contribution in [2.75, 3.05) is 6.54 Å². The lowest BCUT2D eigenvalue weighted by Crippen LogP contribution is -2.12. The Morgan fingerprint density at radius 2 is 2.12 bits per heavy atom. The van der Waals surface area contributed by atoms with E-state index < -0.39 is 0 Å². The van der Waals surface area contributed by atoms with Crippen LogP contribution in [-0.4, -0.2) is 16.1 Å². The quantitative estimate of drug-likeness (QED) is 0.829. The van der Waals surface area contributed by atoms with Gasteiger partial charge in [0.1, 0.15) is 0 Å². The lowest BCUT2D eigenvalue weighted by atomic mass is 10.1. The van der Waals surface area contributed by atoms with Crippen LogP contribution in [0.3, 0.4) is 0 Å². The van der Waals surface area contributed by atoms with Crippen LogP contribution in [0.15, 0.2) is 43.0 Å². The smallest absolute Gasteiger partial charge is 0.0991 e. The van der Waals surface area contributed by atoms with Gasteiger partial charge in [0.2, 0.25) is 0 Å². The monoisotopic (exact) mass is 213 g/mol. The van der Waals surface area contributed by atoms with Crippen LogP contribution in [0.25, 0.3) is 5.69 Å². The second kappa shape index (κ2) is 4.10. The molecule has 3 nitrogen and oxygen atoms in total. The molecule has 3 heteroatoms. The maximum Gasteiger partial charge on any atom is 0.0991 e. The molecule has 0 unspecified atom stereocenters. The number of aromatic nitrogens is 2. The Hall–Kier alpha value is -1.61. The zero-order valence-corrected chi connectivity index (χ0v) is 9.13. The molecule has 2 aromatic rings. The first-order valence-corrected chi connectivity index (χ1v) is 5.75. The number of benzene rings is 1. The van der Waals surface area contributed by atoms with E-state index in [9.17, 15) is 0 Å². The Labute approximate surface area is 95.1 Å². The Balaban J connectivity index is 1.84. The molecule has 0 radical (unpaired) electrons. The molecule has 1 aliphatic heterocycles. The highest BCUT2D eigenvalue weighted by atomic mass is 15.0. The molecule has 2 heterocycles. The van der Waals surface area contributed by atoms with Gasteiger partial charge in [0.25, 0.3) is 0 Å². The maximum atomic E-state index is 4.05. The highest BCUT2D eigenvalue weighted by Crippen LogP contribution is 2.23. The summed E-state index contributed by atoms with van der Waals surface area (Å²) in [6, 6.07) is 9.27. The Morgan fingerprint density at radius 3 is 2.75 bits per heavy atom. The molecule has 82 valence electrons. The van der Waals surface area contributed by atoms with Gasteiger partial charge < -0.3 is 9.88 Å². The number of hydrogen-bond donors (Lipinski definition) is 1. The van der Waals surface area contributed by atoms with Crippen molar-refractivity contribution in [3.8, 4) is 5.69 Å². The second-order valence-corrected chi connectivity index (χ2v) is 4.21. The largest absolute Gasteiger partial charge is 0.310 e. The molecular formula is C13H15N3. The minimum atomic E-state index is 0.553. The third kappa shape index (κ3) is 1.74. The van der Waals surface area contributed by atoms with Crippen LogP contribution in [0.2, 0.25) is 0 Å². The molecule has 0 bridgehead atoms. The van der Waals surface area contributed by atoms with E-state index in [1.54, 1.807) is 6.20 Å². The first kappa shape index (κ1) is 9.60. The third-order valence-corrected chi connectivity index (χ3v) is 3.16. The highest BCUT2D eigenvalue weighted by Gasteiger charge is 2.15. The molecule has 1 aliphatic rings. The van der Waals surface area contributed by atoms with E-state index in [0.29, 0.717) is 6.04 Å². The fraction of sp³-hybridized carbons (Fsp3) is 0.308. The van der Waals surface area contributed by atoms with Crippen molar-refractivity contribution in [2.45, 2.75) is 18.9 Å². The lowest BCUT2D eigenvalue weighted by Gasteiger charge is -2.11. The molecule has 1 fully saturated rings. The summed E-state index contributed by atoms with van der Waals surface area (Å²) in [5, 5.41) is 3.51. The van der Waals surface area contributed by atoms with Crippen molar-refractivity contribution in [1.29, 1.82) is 0 Å². The molecule has 1 atom stereocenters. The van der Waals surface area contributed by atoms with Crippen molar-refractivity contribution in [2.24, 2.45) is 0 Å². The van der Waals surface area contributed by atoms with Gasteiger partial charge in [0.15, 0.2) is 0 Å². The molecule has 1 saturated heterocycles. The van der Waals surface area contributed by atoms with Gasteiger partial charge in [0.05, 0.1) is 6.33 Å². The molecule has 0 saturated carbocycles. The minimum Gasteiger partial charge on any atom is -0.310 e. The van der Waals surface area contributed by atoms with Crippen molar-refractivity contribution < 1.29 is 0 Å². The molecule has 1 aromatic carbocycles. The predicted octanol–water partition coefficient (Wildman–Crippen LogP) is 2.30. The average Bonchev–Trinajstić information content (AvgIpc) is 3.03. The molecular weight excluding hydrogens is 198 g/mol. The van der Waals surface area contributed by atoms with Gasteiger partial charge in [0, 0.05) is 24.1 Å². The second-order valence-electron chi connectivity index (χ2n) is 4.21. The Morgan fingerprint density at radius 1 is 1.25 bits per heavy atom. The van der Waals surface area contributed by atoms with Gasteiger partial charge in [-0.05, 0) is 37.1 Å². The van der Waals surface area contributed by atoms with E-state index in [0.717, 1.165) is 6.54 Å². The number of rotatable bonds is 2. The van der Waals surface area contributed by atoms with Crippen molar-refractivity contribution in [3.63, 3.8) is 0 Å². The number of nitrogens with zero attached hydrogens (tertiary/aromatic N) is 2. The van der Waals surface area contributed by atoms with Crippen molar-refractivity contribution in [1.82, 2.24) is 14.9 Å². The van der Waals surface area contributed by atoms with Crippen molar-refractivity contribution in [3.05, 3.63) is 48.5 Å². The Bertz CT molecular complexity index is 439. The summed E-state index contributed by atoms with van der Waals surface area (Å²) in [5.74, 6) is 0. The summed E-state index contributed by atoms with van der Waals surface area (Å²) in [4.78, 5) is 4.05. The van der Waals surface area contributed by atoms with E-state index in [4.69, 9.17) is 0 Å². The minimum absolute atomic E-state index is 0.553. The van der Waals surface area contributed by atoms with Crippen LogP contribution in [-0.2, 0) is 0 Å². The zero-order valence-electron chi connectivity index (χ0n) is 9.13. The fourth-order valence-electron chi connectivity index (χ4n) is 2.26. The zero-order chi connectivity index (χ0) is 10.8. The third-order valence-electron chi connectivity index (χ3n) is 3.16. The SMILES string of the molecule is c1cn(-c2ccc([C@H]3CCCN3)cc2)cn1. The summed E-state index contributed by atoms with van der Waals surface area (Å²) in [6.07, 6.45) is 8.12. The van der Waals surface area contributed by atoms with Crippen LogP contribution in [0, 0.1) is 0 Å². The molecule has 1 N–H and O–H groups in total. The molecule has 3 rings (SSSR count). The van der Waals surface area contributed by atoms with E-state index in [1.165, 1.54) is 24.1 Å². The molecule has 16 heavy (non-hydrogen) atoms. The molecule has 0 spiro atoms. The van der Waals surface area contributed by atoms with E-state index in [-0.39, 0.29) is 0 Å². The van der Waals surface area contributed by atoms with Crippen LogP contribution < -0.4 is 5.32 Å². The number of imidazole rings is 1. The van der Waals surface area contributed by atoms with Crippen molar-refractivity contribution >= 4 is 0 Å². The summed E-state index contributed by atoms with van der Waals surface area (Å²) in [6.45, 7) is 1.15. The molecule has 0 amide bonds. The predicted molar refractivity (Wildman–Crippen MR) is 63.5 cm³/mol. The van der Waals surface area contributed by atoms with Crippen LogP contribution in [0.1, 0.15) is 24.4 Å². The summed E-state index contributed by atoms with van der Waals surface area (Å²) >= 11 is 0. The highest BCUT2D eigenvalue weighted by molar-refractivity contribution is 5.35. The summed E-state index contributed by atoms with van der Waals surface area (Å²) < 4.78 is 2.02. The van der Waals surface area contributed by atoms with Gasteiger partial charge >= 0.3 is 0 Å². The topological polar surface area (TPSA) is 29.9 Å². The summed E-state index contributed by atoms with van der Waals surface area (Å²) in [7, 11) is 0. The fourth-order valence-corrected chi connectivity index (χ4v) is 2.26. The van der Waals surface area contributed by atoms with Gasteiger partial charge in [-0.25, -0.2) is 4.98 Å². The maximum absolute atomic E-state index is 4.05. The average molecular weight is 213 g/mol. The lowest BCUT2D eigenvalue weighted by molar-refractivity contribution is 0.647. The van der Waals surface area contributed by atoms with E-state index in [2.05, 4.69) is 34.6 Å². The number of nitrogens with one attached hydrogen (secondary N) is 1. The van der Waals surface area contributed by atoms with Gasteiger partial charge in [-0.15, -0.1) is 0 Å². The van der Waals surface area contributed by atoms with Gasteiger partial charge in [-0.3, -0.25) is 0 Å². The first-order valence-electron chi connectivity index (χ1n) is 5.75. The van der Waals surface area contributed by atoms with E-state index >= 15 is 0 Å². The standard InChI is InChI=1S/C13H15N3/c1-2-13(15-7-1)11-3-5-12(6-4-11)16-9-8-14-10-16/h3-6,8-10,13,15H,1-2,7H2/t13-/m1/s1.